The summed E-state index contributed by atoms with van der Waals surface area (Å²) in [4.78, 5) is 18.1. The normalized spacial score (nSPS) is 12.2. The summed E-state index contributed by atoms with van der Waals surface area (Å²) in [7, 11) is 0. The van der Waals surface area contributed by atoms with Gasteiger partial charge in [-0.1, -0.05) is 12.1 Å². The maximum absolute atomic E-state index is 12.4. The number of aromatic hydroxyl groups is 1. The molecule has 1 heterocycles. The molecule has 1 atom stereocenters. The van der Waals surface area contributed by atoms with E-state index in [1.165, 1.54) is 0 Å². The summed E-state index contributed by atoms with van der Waals surface area (Å²) in [5.41, 5.74) is 0.868. The summed E-state index contributed by atoms with van der Waals surface area (Å²) in [6, 6.07) is 6.73. The molecule has 0 aliphatic carbocycles. The molecule has 0 bridgehead atoms. The van der Waals surface area contributed by atoms with Gasteiger partial charge in [-0.05, 0) is 38.5 Å². The van der Waals surface area contributed by atoms with Crippen molar-refractivity contribution in [3.63, 3.8) is 0 Å². The fourth-order valence-corrected chi connectivity index (χ4v) is 2.12. The van der Waals surface area contributed by atoms with Crippen molar-refractivity contribution in [3.05, 3.63) is 41.5 Å². The first-order chi connectivity index (χ1) is 9.52. The van der Waals surface area contributed by atoms with E-state index in [1.807, 2.05) is 19.9 Å². The summed E-state index contributed by atoms with van der Waals surface area (Å²) in [5, 5.41) is 16.1. The summed E-state index contributed by atoms with van der Waals surface area (Å²) in [6.07, 6.45) is 0. The zero-order valence-electron chi connectivity index (χ0n) is 11.8. The van der Waals surface area contributed by atoms with E-state index < -0.39 is 0 Å². The fraction of sp³-hybridized carbons (Fsp3) is 0.357. The highest BCUT2D eigenvalue weighted by atomic mass is 16.3. The van der Waals surface area contributed by atoms with E-state index in [4.69, 9.17) is 0 Å². The molecule has 0 saturated heterocycles. The van der Waals surface area contributed by atoms with Gasteiger partial charge in [0.1, 0.15) is 11.6 Å². The molecule has 0 aliphatic heterocycles. The van der Waals surface area contributed by atoms with Gasteiger partial charge in [0.05, 0.1) is 6.04 Å². The lowest BCUT2D eigenvalue weighted by atomic mass is 10.1. The first-order valence-electron chi connectivity index (χ1n) is 6.51. The summed E-state index contributed by atoms with van der Waals surface area (Å²) >= 11 is 0. The van der Waals surface area contributed by atoms with Crippen molar-refractivity contribution in [2.75, 3.05) is 6.54 Å². The number of hydrogen-bond acceptors (Lipinski definition) is 4. The predicted molar refractivity (Wildman–Crippen MR) is 74.4 cm³/mol. The number of benzene rings is 1. The zero-order chi connectivity index (χ0) is 14.7. The maximum Gasteiger partial charge on any atom is 0.294 e. The molecule has 2 N–H and O–H groups in total. The van der Waals surface area contributed by atoms with Crippen LogP contribution in [0.25, 0.3) is 0 Å². The molecule has 2 rings (SSSR count). The van der Waals surface area contributed by atoms with E-state index in [0.29, 0.717) is 12.4 Å². The molecular weight excluding hydrogens is 256 g/mol. The van der Waals surface area contributed by atoms with Crippen molar-refractivity contribution in [1.29, 1.82) is 0 Å². The Bertz CT molecular complexity index is 609. The van der Waals surface area contributed by atoms with Gasteiger partial charge in [0.25, 0.3) is 5.91 Å². The molecule has 2 aromatic rings. The van der Waals surface area contributed by atoms with Crippen LogP contribution in [0.5, 0.6) is 5.75 Å². The lowest BCUT2D eigenvalue weighted by Crippen LogP contribution is -2.34. The van der Waals surface area contributed by atoms with E-state index in [-0.39, 0.29) is 23.5 Å². The first kappa shape index (κ1) is 14.0. The summed E-state index contributed by atoms with van der Waals surface area (Å²) in [6.45, 7) is 6.09. The van der Waals surface area contributed by atoms with Crippen molar-refractivity contribution in [2.45, 2.75) is 26.8 Å². The van der Waals surface area contributed by atoms with Gasteiger partial charge in [0.15, 0.2) is 0 Å². The predicted octanol–water partition coefficient (Wildman–Crippen LogP) is 2.04. The van der Waals surface area contributed by atoms with Crippen LogP contribution in [0.15, 0.2) is 24.3 Å². The van der Waals surface area contributed by atoms with Crippen LogP contribution >= 0.6 is 0 Å². The Kier molecular flexibility index (Phi) is 4.02. The minimum Gasteiger partial charge on any atom is -0.508 e. The van der Waals surface area contributed by atoms with Gasteiger partial charge in [-0.15, -0.1) is 5.10 Å². The number of nitrogens with one attached hydrogen (secondary N) is 1. The van der Waals surface area contributed by atoms with E-state index >= 15 is 0 Å². The van der Waals surface area contributed by atoms with Crippen LogP contribution in [0.2, 0.25) is 0 Å². The van der Waals surface area contributed by atoms with Gasteiger partial charge in [-0.2, -0.15) is 0 Å². The van der Waals surface area contributed by atoms with E-state index in [2.05, 4.69) is 15.2 Å². The number of aromatic nitrogens is 3. The third kappa shape index (κ3) is 2.79. The van der Waals surface area contributed by atoms with Crippen LogP contribution < -0.4 is 0 Å². The van der Waals surface area contributed by atoms with Crippen LogP contribution in [0.1, 0.15) is 41.9 Å². The number of phenolic OH excluding ortho intramolecular Hbond substituents is 1. The number of carbonyl (C=O) groups excluding carboxylic acids is 1. The molecule has 1 aromatic carbocycles. The number of phenols is 1. The van der Waals surface area contributed by atoms with E-state index in [1.54, 1.807) is 30.0 Å². The highest BCUT2D eigenvalue weighted by molar-refractivity contribution is 5.90. The lowest BCUT2D eigenvalue weighted by Gasteiger charge is -2.27. The lowest BCUT2D eigenvalue weighted by molar-refractivity contribution is 0.0690. The maximum atomic E-state index is 12.4. The highest BCUT2D eigenvalue weighted by Crippen LogP contribution is 2.24. The quantitative estimate of drug-likeness (QED) is 0.893. The van der Waals surface area contributed by atoms with E-state index in [9.17, 15) is 9.90 Å². The first-order valence-corrected chi connectivity index (χ1v) is 6.51. The van der Waals surface area contributed by atoms with Crippen molar-refractivity contribution in [1.82, 2.24) is 20.1 Å². The Hall–Kier alpha value is -2.37. The van der Waals surface area contributed by atoms with Gasteiger partial charge in [-0.3, -0.25) is 9.89 Å². The van der Waals surface area contributed by atoms with Crippen LogP contribution in [0.4, 0.5) is 0 Å². The third-order valence-electron chi connectivity index (χ3n) is 3.21. The van der Waals surface area contributed by atoms with Gasteiger partial charge in [0, 0.05) is 6.54 Å². The number of H-pyrrole nitrogens is 1. The number of amides is 1. The van der Waals surface area contributed by atoms with Crippen LogP contribution in [0.3, 0.4) is 0 Å². The number of aryl methyl sites for hydroxylation is 1. The Balaban J connectivity index is 2.25. The monoisotopic (exact) mass is 274 g/mol. The van der Waals surface area contributed by atoms with Crippen LogP contribution in [0, 0.1) is 6.92 Å². The number of nitrogens with zero attached hydrogens (tertiary/aromatic N) is 3. The van der Waals surface area contributed by atoms with E-state index in [0.717, 1.165) is 5.56 Å². The molecule has 1 amide bonds. The average Bonchev–Trinajstić information content (AvgIpc) is 2.86. The number of carbonyl (C=O) groups is 1. The molecule has 20 heavy (non-hydrogen) atoms. The molecule has 0 fully saturated rings. The summed E-state index contributed by atoms with van der Waals surface area (Å²) < 4.78 is 0. The molecule has 1 aromatic heterocycles. The zero-order valence-corrected chi connectivity index (χ0v) is 11.8. The molecule has 106 valence electrons. The standard InChI is InChI=1S/C14H18N4O2/c1-4-18(14(20)13-15-10(3)16-17-13)9(2)11-6-5-7-12(19)8-11/h5-9,19H,4H2,1-3H3,(H,15,16,17). The molecular formula is C14H18N4O2. The second kappa shape index (κ2) is 5.73. The third-order valence-corrected chi connectivity index (χ3v) is 3.21. The molecule has 0 spiro atoms. The molecule has 0 radical (unpaired) electrons. The van der Waals surface area contributed by atoms with Gasteiger partial charge in [-0.25, -0.2) is 4.98 Å². The molecule has 1 unspecified atom stereocenters. The fourth-order valence-electron chi connectivity index (χ4n) is 2.12. The van der Waals surface area contributed by atoms with Crippen molar-refractivity contribution in [2.24, 2.45) is 0 Å². The van der Waals surface area contributed by atoms with Crippen molar-refractivity contribution < 1.29 is 9.90 Å². The molecule has 0 saturated carbocycles. The Morgan fingerprint density at radius 2 is 2.25 bits per heavy atom. The minimum atomic E-state index is -0.229. The van der Waals surface area contributed by atoms with Gasteiger partial charge in [0.2, 0.25) is 5.82 Å². The largest absolute Gasteiger partial charge is 0.508 e. The summed E-state index contributed by atoms with van der Waals surface area (Å²) in [5.74, 6) is 0.727. The Morgan fingerprint density at radius 3 is 2.80 bits per heavy atom. The number of rotatable bonds is 4. The number of aromatic amines is 1. The van der Waals surface area contributed by atoms with Gasteiger partial charge < -0.3 is 10.0 Å². The average molecular weight is 274 g/mol. The van der Waals surface area contributed by atoms with Gasteiger partial charge >= 0.3 is 0 Å². The molecule has 6 heteroatoms. The Morgan fingerprint density at radius 1 is 1.50 bits per heavy atom. The number of hydrogen-bond donors (Lipinski definition) is 2. The smallest absolute Gasteiger partial charge is 0.294 e. The molecule has 0 aliphatic rings. The SMILES string of the molecule is CCN(C(=O)c1n[nH]c(C)n1)C(C)c1cccc(O)c1. The minimum absolute atomic E-state index is 0.163. The van der Waals surface area contributed by atoms with Crippen molar-refractivity contribution >= 4 is 5.91 Å². The van der Waals surface area contributed by atoms with Crippen LogP contribution in [-0.4, -0.2) is 37.6 Å². The molecule has 6 nitrogen and oxygen atoms in total. The van der Waals surface area contributed by atoms with Crippen molar-refractivity contribution in [3.8, 4) is 5.75 Å². The Labute approximate surface area is 117 Å². The second-order valence-electron chi connectivity index (χ2n) is 4.61. The second-order valence-corrected chi connectivity index (χ2v) is 4.61. The topological polar surface area (TPSA) is 82.1 Å². The van der Waals surface area contributed by atoms with Crippen LogP contribution in [-0.2, 0) is 0 Å². The highest BCUT2D eigenvalue weighted by Gasteiger charge is 2.24.